The highest BCUT2D eigenvalue weighted by Crippen LogP contribution is 2.40. The fourth-order valence-electron chi connectivity index (χ4n) is 3.53. The number of nitrogens with zero attached hydrogens (tertiary/aromatic N) is 2. The van der Waals surface area contributed by atoms with Crippen LogP contribution < -0.4 is 4.90 Å². The summed E-state index contributed by atoms with van der Waals surface area (Å²) in [6.07, 6.45) is -0.117. The normalized spacial score (nSPS) is 28.2. The Kier molecular flexibility index (Phi) is 4.04. The number of piperidine rings is 1. The third-order valence-corrected chi connectivity index (χ3v) is 4.96. The number of rotatable bonds is 3. The summed E-state index contributed by atoms with van der Waals surface area (Å²) in [4.78, 5) is 5.96. The van der Waals surface area contributed by atoms with Crippen molar-refractivity contribution >= 4 is 15.9 Å². The summed E-state index contributed by atoms with van der Waals surface area (Å²) in [6, 6.07) is 2.50. The molecule has 0 saturated carbocycles. The van der Waals surface area contributed by atoms with E-state index in [0.717, 1.165) is 31.4 Å². The molecule has 0 aromatic carbocycles. The van der Waals surface area contributed by atoms with Gasteiger partial charge in [-0.25, -0.2) is 4.98 Å². The van der Waals surface area contributed by atoms with Gasteiger partial charge in [-0.2, -0.15) is 21.6 Å². The predicted molar refractivity (Wildman–Crippen MR) is 77.5 cm³/mol. The average molecular weight is 350 g/mol. The van der Waals surface area contributed by atoms with E-state index in [1.54, 1.807) is 0 Å². The molecule has 9 heteroatoms. The van der Waals surface area contributed by atoms with Gasteiger partial charge in [0.2, 0.25) is 0 Å². The van der Waals surface area contributed by atoms with E-state index in [9.17, 15) is 21.6 Å². The maximum absolute atomic E-state index is 12.6. The van der Waals surface area contributed by atoms with Crippen molar-refractivity contribution in [3.05, 3.63) is 23.9 Å². The zero-order chi connectivity index (χ0) is 16.8. The van der Waals surface area contributed by atoms with Crippen molar-refractivity contribution in [3.8, 4) is 0 Å². The van der Waals surface area contributed by atoms with Gasteiger partial charge < -0.3 is 4.90 Å². The van der Waals surface area contributed by atoms with Gasteiger partial charge in [-0.05, 0) is 37.8 Å². The summed E-state index contributed by atoms with van der Waals surface area (Å²) < 4.78 is 65.4. The van der Waals surface area contributed by atoms with E-state index in [1.165, 1.54) is 6.07 Å². The molecule has 1 aromatic heterocycles. The highest BCUT2D eigenvalue weighted by atomic mass is 32.2. The van der Waals surface area contributed by atoms with Crippen molar-refractivity contribution in [1.82, 2.24) is 4.98 Å². The summed E-state index contributed by atoms with van der Waals surface area (Å²) in [6.45, 7) is 0. The maximum atomic E-state index is 12.6. The Bertz CT molecular complexity index is 662. The van der Waals surface area contributed by atoms with Crippen molar-refractivity contribution in [3.63, 3.8) is 0 Å². The minimum atomic E-state index is -4.40. The lowest BCUT2D eigenvalue weighted by Gasteiger charge is -2.39. The number of halogens is 3. The van der Waals surface area contributed by atoms with Gasteiger partial charge in [0, 0.05) is 18.3 Å². The van der Waals surface area contributed by atoms with Gasteiger partial charge in [0.1, 0.15) is 5.82 Å². The third-order valence-electron chi connectivity index (χ3n) is 4.34. The molecule has 0 amide bonds. The van der Waals surface area contributed by atoms with Crippen LogP contribution in [0.4, 0.5) is 19.0 Å². The maximum Gasteiger partial charge on any atom is 0.417 e. The van der Waals surface area contributed by atoms with Gasteiger partial charge in [-0.1, -0.05) is 0 Å². The van der Waals surface area contributed by atoms with Gasteiger partial charge in [-0.3, -0.25) is 4.18 Å². The van der Waals surface area contributed by atoms with Crippen LogP contribution in [0.3, 0.4) is 0 Å². The Balaban J connectivity index is 1.76. The SMILES string of the molecule is CS(=O)(=O)O[C@@H]1C[C@H]2CC[C@@H](C1)N2c1ccc(C(F)(F)F)cn1. The molecule has 0 N–H and O–H groups in total. The Labute approximate surface area is 132 Å². The molecule has 3 rings (SSSR count). The molecule has 0 spiro atoms. The van der Waals surface area contributed by atoms with Crippen LogP contribution in [0, 0.1) is 0 Å². The van der Waals surface area contributed by atoms with Gasteiger partial charge in [0.05, 0.1) is 17.9 Å². The van der Waals surface area contributed by atoms with Crippen LogP contribution >= 0.6 is 0 Å². The fourth-order valence-corrected chi connectivity index (χ4v) is 4.18. The number of pyridine rings is 1. The molecule has 0 unspecified atom stereocenters. The third kappa shape index (κ3) is 3.60. The molecule has 2 aliphatic heterocycles. The van der Waals surface area contributed by atoms with E-state index in [0.29, 0.717) is 18.7 Å². The first-order valence-corrected chi connectivity index (χ1v) is 9.15. The second-order valence-corrected chi connectivity index (χ2v) is 7.69. The molecular formula is C14H17F3N2O3S. The van der Waals surface area contributed by atoms with E-state index in [-0.39, 0.29) is 18.2 Å². The summed E-state index contributed by atoms with van der Waals surface area (Å²) in [7, 11) is -3.51. The predicted octanol–water partition coefficient (Wildman–Crippen LogP) is 2.58. The molecule has 2 aliphatic rings. The summed E-state index contributed by atoms with van der Waals surface area (Å²) in [5, 5.41) is 0. The fraction of sp³-hybridized carbons (Fsp3) is 0.643. The zero-order valence-corrected chi connectivity index (χ0v) is 13.3. The van der Waals surface area contributed by atoms with Crippen molar-refractivity contribution in [2.45, 2.75) is 50.0 Å². The van der Waals surface area contributed by atoms with E-state index in [1.807, 2.05) is 4.90 Å². The van der Waals surface area contributed by atoms with E-state index in [2.05, 4.69) is 4.98 Å². The molecule has 5 nitrogen and oxygen atoms in total. The number of aromatic nitrogens is 1. The van der Waals surface area contributed by atoms with E-state index < -0.39 is 21.9 Å². The van der Waals surface area contributed by atoms with Crippen LogP contribution in [-0.2, 0) is 20.5 Å². The first kappa shape index (κ1) is 16.5. The lowest BCUT2D eigenvalue weighted by atomic mass is 10.00. The standard InChI is InChI=1S/C14H17F3N2O3S/c1-23(20,21)22-12-6-10-3-4-11(7-12)19(10)13-5-2-9(8-18-13)14(15,16)17/h2,5,8,10-12H,3-4,6-7H2,1H3/t10-,11+,12-. The van der Waals surface area contributed by atoms with Crippen molar-refractivity contribution < 1.29 is 25.8 Å². The molecule has 2 bridgehead atoms. The van der Waals surface area contributed by atoms with Crippen LogP contribution in [-0.4, -0.2) is 37.8 Å². The Hall–Kier alpha value is -1.35. The zero-order valence-electron chi connectivity index (χ0n) is 12.5. The minimum Gasteiger partial charge on any atom is -0.350 e. The second-order valence-electron chi connectivity index (χ2n) is 6.09. The lowest BCUT2D eigenvalue weighted by molar-refractivity contribution is -0.137. The van der Waals surface area contributed by atoms with Gasteiger partial charge in [0.25, 0.3) is 10.1 Å². The van der Waals surface area contributed by atoms with Crippen LogP contribution in [0.25, 0.3) is 0 Å². The van der Waals surface area contributed by atoms with Gasteiger partial charge >= 0.3 is 6.18 Å². The molecular weight excluding hydrogens is 333 g/mol. The minimum absolute atomic E-state index is 0.0461. The molecule has 0 radical (unpaired) electrons. The number of alkyl halides is 3. The smallest absolute Gasteiger partial charge is 0.350 e. The molecule has 1 aromatic rings. The van der Waals surface area contributed by atoms with Crippen molar-refractivity contribution in [1.29, 1.82) is 0 Å². The van der Waals surface area contributed by atoms with Crippen LogP contribution in [0.15, 0.2) is 18.3 Å². The molecule has 3 heterocycles. The highest BCUT2D eigenvalue weighted by molar-refractivity contribution is 7.86. The van der Waals surface area contributed by atoms with Crippen LogP contribution in [0.1, 0.15) is 31.2 Å². The largest absolute Gasteiger partial charge is 0.417 e. The summed E-state index contributed by atoms with van der Waals surface area (Å²) in [5.41, 5.74) is -0.774. The lowest BCUT2D eigenvalue weighted by Crippen LogP contribution is -2.46. The second kappa shape index (κ2) is 5.62. The number of anilines is 1. The summed E-state index contributed by atoms with van der Waals surface area (Å²) >= 11 is 0. The van der Waals surface area contributed by atoms with Crippen molar-refractivity contribution in [2.24, 2.45) is 0 Å². The number of fused-ring (bicyclic) bond motifs is 2. The average Bonchev–Trinajstić information content (AvgIpc) is 2.68. The van der Waals surface area contributed by atoms with Gasteiger partial charge in [-0.15, -0.1) is 0 Å². The van der Waals surface area contributed by atoms with Gasteiger partial charge in [0.15, 0.2) is 0 Å². The number of hydrogen-bond donors (Lipinski definition) is 0. The first-order valence-electron chi connectivity index (χ1n) is 7.33. The topological polar surface area (TPSA) is 59.5 Å². The molecule has 128 valence electrons. The molecule has 0 aliphatic carbocycles. The monoisotopic (exact) mass is 350 g/mol. The summed E-state index contributed by atoms with van der Waals surface area (Å²) in [5.74, 6) is 0.503. The first-order chi connectivity index (χ1) is 10.6. The van der Waals surface area contributed by atoms with Crippen LogP contribution in [0.5, 0.6) is 0 Å². The van der Waals surface area contributed by atoms with Crippen LogP contribution in [0.2, 0.25) is 0 Å². The molecule has 2 saturated heterocycles. The Morgan fingerprint density at radius 1 is 1.22 bits per heavy atom. The quantitative estimate of drug-likeness (QED) is 0.784. The Morgan fingerprint density at radius 3 is 2.26 bits per heavy atom. The Morgan fingerprint density at radius 2 is 1.83 bits per heavy atom. The highest BCUT2D eigenvalue weighted by Gasteiger charge is 2.43. The molecule has 2 fully saturated rings. The number of hydrogen-bond acceptors (Lipinski definition) is 5. The van der Waals surface area contributed by atoms with Crippen molar-refractivity contribution in [2.75, 3.05) is 11.2 Å². The molecule has 23 heavy (non-hydrogen) atoms. The van der Waals surface area contributed by atoms with E-state index >= 15 is 0 Å². The molecule has 3 atom stereocenters. The van der Waals surface area contributed by atoms with E-state index in [4.69, 9.17) is 4.18 Å².